The predicted molar refractivity (Wildman–Crippen MR) is 110 cm³/mol. The van der Waals surface area contributed by atoms with E-state index in [1.807, 2.05) is 0 Å². The highest BCUT2D eigenvalue weighted by Crippen LogP contribution is 2.69. The fourth-order valence-corrected chi connectivity index (χ4v) is 9.51. The largest absolute Gasteiger partial charge is 0.393 e. The highest BCUT2D eigenvalue weighted by Gasteiger charge is 2.64. The van der Waals surface area contributed by atoms with E-state index >= 15 is 0 Å². The van der Waals surface area contributed by atoms with Crippen molar-refractivity contribution in [3.63, 3.8) is 0 Å². The Balaban J connectivity index is 1.42. The van der Waals surface area contributed by atoms with E-state index in [0.29, 0.717) is 16.7 Å². The van der Waals surface area contributed by atoms with Crippen molar-refractivity contribution < 1.29 is 14.6 Å². The molecule has 0 unspecified atom stereocenters. The highest BCUT2D eigenvalue weighted by molar-refractivity contribution is 9.09. The summed E-state index contributed by atoms with van der Waals surface area (Å²) in [5.74, 6) is 3.46. The van der Waals surface area contributed by atoms with Crippen molar-refractivity contribution in [1.29, 1.82) is 0 Å². The average molecular weight is 441 g/mol. The van der Waals surface area contributed by atoms with Crippen molar-refractivity contribution in [2.75, 3.05) is 18.5 Å². The van der Waals surface area contributed by atoms with Crippen LogP contribution in [0, 0.1) is 40.4 Å². The Morgan fingerprint density at radius 1 is 0.889 bits per heavy atom. The molecule has 0 amide bonds. The normalized spacial score (nSPS) is 54.2. The van der Waals surface area contributed by atoms with Crippen LogP contribution in [0.2, 0.25) is 0 Å². The average Bonchev–Trinajstić information content (AvgIpc) is 3.27. The lowest BCUT2D eigenvalue weighted by molar-refractivity contribution is -0.214. The SMILES string of the molecule is C[C@]12CC[C@@H](O)C[C@@H]1CC[C@H]1[C@H]3CC[C@H](C4(CBr)OCCO4)[C@]3(C)CC[C@@H]12. The molecule has 0 spiro atoms. The summed E-state index contributed by atoms with van der Waals surface area (Å²) in [6.45, 7) is 6.65. The summed E-state index contributed by atoms with van der Waals surface area (Å²) in [7, 11) is 0. The zero-order chi connectivity index (χ0) is 18.9. The van der Waals surface area contributed by atoms with Gasteiger partial charge in [0.25, 0.3) is 0 Å². The first-order chi connectivity index (χ1) is 12.9. The summed E-state index contributed by atoms with van der Waals surface area (Å²) >= 11 is 3.74. The molecule has 0 radical (unpaired) electrons. The van der Waals surface area contributed by atoms with Gasteiger partial charge in [-0.25, -0.2) is 0 Å². The summed E-state index contributed by atoms with van der Waals surface area (Å²) < 4.78 is 12.5. The molecule has 1 aliphatic heterocycles. The molecule has 1 heterocycles. The lowest BCUT2D eigenvalue weighted by Crippen LogP contribution is -2.56. The van der Waals surface area contributed by atoms with Gasteiger partial charge in [-0.2, -0.15) is 0 Å². The molecule has 0 bridgehead atoms. The van der Waals surface area contributed by atoms with Crippen molar-refractivity contribution >= 4 is 15.9 Å². The quantitative estimate of drug-likeness (QED) is 0.603. The summed E-state index contributed by atoms with van der Waals surface area (Å²) in [5.41, 5.74) is 0.825. The maximum Gasteiger partial charge on any atom is 0.181 e. The molecule has 154 valence electrons. The number of aliphatic hydroxyl groups excluding tert-OH is 1. The zero-order valence-corrected chi connectivity index (χ0v) is 18.7. The van der Waals surface area contributed by atoms with Gasteiger partial charge >= 0.3 is 0 Å². The smallest absolute Gasteiger partial charge is 0.181 e. The van der Waals surface area contributed by atoms with Crippen LogP contribution in [-0.4, -0.2) is 35.5 Å². The van der Waals surface area contributed by atoms with Gasteiger partial charge in [0.15, 0.2) is 5.79 Å². The fraction of sp³-hybridized carbons (Fsp3) is 1.00. The molecule has 3 nitrogen and oxygen atoms in total. The molecule has 5 fully saturated rings. The third-order valence-corrected chi connectivity index (χ3v) is 10.9. The minimum absolute atomic E-state index is 0.0419. The number of rotatable bonds is 2. The summed E-state index contributed by atoms with van der Waals surface area (Å²) in [6.07, 6.45) is 11.3. The van der Waals surface area contributed by atoms with Gasteiger partial charge in [0.05, 0.1) is 24.6 Å². The maximum atomic E-state index is 10.2. The van der Waals surface area contributed by atoms with Gasteiger partial charge in [-0.15, -0.1) is 0 Å². The molecule has 5 rings (SSSR count). The number of hydrogen-bond donors (Lipinski definition) is 1. The first-order valence-electron chi connectivity index (χ1n) is 11.4. The van der Waals surface area contributed by atoms with Crippen LogP contribution in [-0.2, 0) is 9.47 Å². The Bertz CT molecular complexity index is 576. The van der Waals surface area contributed by atoms with Gasteiger partial charge in [-0.3, -0.25) is 0 Å². The first-order valence-corrected chi connectivity index (χ1v) is 12.6. The van der Waals surface area contributed by atoms with Crippen molar-refractivity contribution in [2.45, 2.75) is 83.5 Å². The predicted octanol–water partition coefficient (Wildman–Crippen LogP) is 5.14. The number of hydrogen-bond acceptors (Lipinski definition) is 3. The molecule has 5 aliphatic rings. The van der Waals surface area contributed by atoms with Crippen LogP contribution < -0.4 is 0 Å². The van der Waals surface area contributed by atoms with Crippen LogP contribution in [0.25, 0.3) is 0 Å². The Morgan fingerprint density at radius 3 is 2.33 bits per heavy atom. The van der Waals surface area contributed by atoms with Crippen LogP contribution in [0.1, 0.15) is 71.6 Å². The topological polar surface area (TPSA) is 38.7 Å². The van der Waals surface area contributed by atoms with Gasteiger partial charge in [-0.05, 0) is 92.3 Å². The van der Waals surface area contributed by atoms with Gasteiger partial charge in [0.1, 0.15) is 0 Å². The van der Waals surface area contributed by atoms with E-state index < -0.39 is 0 Å². The second-order valence-corrected chi connectivity index (χ2v) is 11.5. The standard InChI is InChI=1S/C23H37BrO3/c1-21-9-7-16(25)13-15(21)3-4-17-18-5-6-20(22(18,2)10-8-19(17)21)23(14-24)26-11-12-27-23/h15-20,25H,3-14H2,1-2H3/t15-,16+,17-,18+,19-,20-,21-,22+/m0/s1. The zero-order valence-electron chi connectivity index (χ0n) is 17.1. The van der Waals surface area contributed by atoms with Crippen molar-refractivity contribution in [1.82, 2.24) is 0 Å². The van der Waals surface area contributed by atoms with Crippen LogP contribution in [0.4, 0.5) is 0 Å². The van der Waals surface area contributed by atoms with E-state index in [9.17, 15) is 5.11 Å². The highest BCUT2D eigenvalue weighted by atomic mass is 79.9. The Labute approximate surface area is 173 Å². The second kappa shape index (κ2) is 6.68. The van der Waals surface area contributed by atoms with Gasteiger partial charge in [0, 0.05) is 5.92 Å². The summed E-state index contributed by atoms with van der Waals surface area (Å²) in [5, 5.41) is 11.0. The number of halogens is 1. The number of fused-ring (bicyclic) bond motifs is 5. The van der Waals surface area contributed by atoms with Gasteiger partial charge in [-0.1, -0.05) is 29.8 Å². The summed E-state index contributed by atoms with van der Waals surface area (Å²) in [4.78, 5) is 0. The molecule has 4 aliphatic carbocycles. The molecule has 8 atom stereocenters. The minimum Gasteiger partial charge on any atom is -0.393 e. The lowest BCUT2D eigenvalue weighted by atomic mass is 9.44. The van der Waals surface area contributed by atoms with Crippen molar-refractivity contribution in [3.8, 4) is 0 Å². The number of aliphatic hydroxyl groups is 1. The minimum atomic E-state index is -0.383. The van der Waals surface area contributed by atoms with Crippen LogP contribution in [0.15, 0.2) is 0 Å². The van der Waals surface area contributed by atoms with E-state index in [4.69, 9.17) is 9.47 Å². The van der Waals surface area contributed by atoms with Gasteiger partial charge in [0.2, 0.25) is 0 Å². The molecule has 1 saturated heterocycles. The molecule has 4 heteroatoms. The third kappa shape index (κ3) is 2.68. The first kappa shape index (κ1) is 19.3. The monoisotopic (exact) mass is 440 g/mol. The Kier molecular flexibility index (Phi) is 4.79. The molecule has 4 saturated carbocycles. The molecule has 1 N–H and O–H groups in total. The molecule has 0 aromatic carbocycles. The van der Waals surface area contributed by atoms with Crippen molar-refractivity contribution in [3.05, 3.63) is 0 Å². The van der Waals surface area contributed by atoms with Gasteiger partial charge < -0.3 is 14.6 Å². The van der Waals surface area contributed by atoms with Crippen molar-refractivity contribution in [2.24, 2.45) is 40.4 Å². The van der Waals surface area contributed by atoms with E-state index in [1.165, 1.54) is 44.9 Å². The molecule has 0 aromatic heterocycles. The van der Waals surface area contributed by atoms with Crippen LogP contribution in [0.3, 0.4) is 0 Å². The maximum absolute atomic E-state index is 10.2. The molecular weight excluding hydrogens is 404 g/mol. The fourth-order valence-electron chi connectivity index (χ4n) is 8.80. The van der Waals surface area contributed by atoms with E-state index in [-0.39, 0.29) is 11.9 Å². The third-order valence-electron chi connectivity index (χ3n) is 10.1. The Hall–Kier alpha value is 0.360. The molecular formula is C23H37BrO3. The Morgan fingerprint density at radius 2 is 1.59 bits per heavy atom. The van der Waals surface area contributed by atoms with E-state index in [2.05, 4.69) is 29.8 Å². The molecule has 27 heavy (non-hydrogen) atoms. The van der Waals surface area contributed by atoms with E-state index in [0.717, 1.165) is 55.1 Å². The van der Waals surface area contributed by atoms with E-state index in [1.54, 1.807) is 0 Å². The summed E-state index contributed by atoms with van der Waals surface area (Å²) in [6, 6.07) is 0. The molecule has 0 aromatic rings. The number of ether oxygens (including phenoxy) is 2. The van der Waals surface area contributed by atoms with Crippen LogP contribution in [0.5, 0.6) is 0 Å². The number of alkyl halides is 1. The lowest BCUT2D eigenvalue weighted by Gasteiger charge is -2.61. The van der Waals surface area contributed by atoms with Crippen LogP contribution >= 0.6 is 15.9 Å². The second-order valence-electron chi connectivity index (χ2n) is 10.9.